The molecule has 8 nitrogen and oxygen atoms in total. The predicted molar refractivity (Wildman–Crippen MR) is 133 cm³/mol. The minimum atomic E-state index is -5.78. The molecule has 0 radical (unpaired) electrons. The molecule has 3 aromatic carbocycles. The van der Waals surface area contributed by atoms with Crippen molar-refractivity contribution >= 4 is 35.2 Å². The maximum absolute atomic E-state index is 14.3. The van der Waals surface area contributed by atoms with Crippen molar-refractivity contribution in [2.75, 3.05) is 7.11 Å². The van der Waals surface area contributed by atoms with Crippen LogP contribution in [0, 0.1) is 6.92 Å². The molecule has 0 aliphatic heterocycles. The minimum Gasteiger partial charge on any atom is -0.465 e. The van der Waals surface area contributed by atoms with Crippen LogP contribution in [0.2, 0.25) is 5.02 Å². The Morgan fingerprint density at radius 2 is 1.59 bits per heavy atom. The largest absolute Gasteiger partial charge is 0.465 e. The molecule has 198 valence electrons. The third-order valence-electron chi connectivity index (χ3n) is 5.53. The highest BCUT2D eigenvalue weighted by Crippen LogP contribution is 2.59. The fourth-order valence-electron chi connectivity index (χ4n) is 3.61. The lowest BCUT2D eigenvalue weighted by Crippen LogP contribution is -2.30. The lowest BCUT2D eigenvalue weighted by Gasteiger charge is -2.24. The van der Waals surface area contributed by atoms with Crippen LogP contribution >= 0.6 is 19.2 Å². The first-order valence-corrected chi connectivity index (χ1v) is 14.1. The summed E-state index contributed by atoms with van der Waals surface area (Å²) in [4.78, 5) is 29.7. The standard InChI is InChI=1S/C24H23ClF2NO7PS/c1-16-13-18(9-12-20(16)24(26,27)36(30,31)32)15-28(37(33,34)22-6-4-3-5-21(22)25)14-17-7-10-19(11-8-17)23(29)35-2/h3-13H,14-15H2,1-2H3,(H2,30,31,32). The lowest BCUT2D eigenvalue weighted by molar-refractivity contribution is 0.0558. The average Bonchev–Trinajstić information content (AvgIpc) is 2.83. The highest BCUT2D eigenvalue weighted by molar-refractivity contribution is 7.89. The Kier molecular flexibility index (Phi) is 8.58. The Bertz CT molecular complexity index is 1460. The van der Waals surface area contributed by atoms with E-state index in [1.54, 1.807) is 18.2 Å². The molecular weight excluding hydrogens is 551 g/mol. The van der Waals surface area contributed by atoms with Crippen molar-refractivity contribution in [1.29, 1.82) is 0 Å². The van der Waals surface area contributed by atoms with Crippen molar-refractivity contribution in [3.63, 3.8) is 0 Å². The van der Waals surface area contributed by atoms with Crippen LogP contribution < -0.4 is 0 Å². The number of halogens is 3. The summed E-state index contributed by atoms with van der Waals surface area (Å²) < 4.78 is 72.7. The summed E-state index contributed by atoms with van der Waals surface area (Å²) in [5.74, 6) is -0.560. The smallest absolute Gasteiger partial charge is 0.399 e. The van der Waals surface area contributed by atoms with Crippen LogP contribution in [0.3, 0.4) is 0 Å². The van der Waals surface area contributed by atoms with Crippen molar-refractivity contribution in [3.05, 3.63) is 99.6 Å². The molecule has 0 spiro atoms. The first kappa shape index (κ1) is 28.9. The molecule has 0 aliphatic rings. The minimum absolute atomic E-state index is 0.0126. The van der Waals surface area contributed by atoms with E-state index in [-0.39, 0.29) is 34.1 Å². The van der Waals surface area contributed by atoms with E-state index in [0.717, 1.165) is 10.4 Å². The molecule has 0 heterocycles. The summed E-state index contributed by atoms with van der Waals surface area (Å²) in [7, 11) is -8.74. The number of ether oxygens (including phenoxy) is 1. The van der Waals surface area contributed by atoms with Gasteiger partial charge in [0.15, 0.2) is 0 Å². The van der Waals surface area contributed by atoms with Gasteiger partial charge in [0.05, 0.1) is 17.7 Å². The summed E-state index contributed by atoms with van der Waals surface area (Å²) in [5.41, 5.74) is -4.30. The summed E-state index contributed by atoms with van der Waals surface area (Å²) in [6, 6.07) is 15.2. The Labute approximate surface area is 217 Å². The Balaban J connectivity index is 2.02. The predicted octanol–water partition coefficient (Wildman–Crippen LogP) is 5.05. The second-order valence-electron chi connectivity index (χ2n) is 8.13. The van der Waals surface area contributed by atoms with Crippen molar-refractivity contribution in [2.24, 2.45) is 0 Å². The van der Waals surface area contributed by atoms with Gasteiger partial charge < -0.3 is 14.5 Å². The van der Waals surface area contributed by atoms with Gasteiger partial charge in [-0.2, -0.15) is 13.1 Å². The third-order valence-corrected chi connectivity index (χ3v) is 8.79. The summed E-state index contributed by atoms with van der Waals surface area (Å²) in [5, 5.41) is -0.0126. The monoisotopic (exact) mass is 573 g/mol. The van der Waals surface area contributed by atoms with Crippen LogP contribution in [0.25, 0.3) is 0 Å². The zero-order valence-corrected chi connectivity index (χ0v) is 22.1. The van der Waals surface area contributed by atoms with Crippen molar-refractivity contribution in [1.82, 2.24) is 4.31 Å². The summed E-state index contributed by atoms with van der Waals surface area (Å²) in [6.07, 6.45) is 0. The van der Waals surface area contributed by atoms with Crippen LogP contribution in [-0.2, 0) is 38.1 Å². The molecule has 3 rings (SSSR count). The van der Waals surface area contributed by atoms with Crippen LogP contribution in [0.1, 0.15) is 32.6 Å². The van der Waals surface area contributed by atoms with E-state index in [4.69, 9.17) is 21.4 Å². The summed E-state index contributed by atoms with van der Waals surface area (Å²) >= 11 is 6.15. The fourth-order valence-corrected chi connectivity index (χ4v) is 6.08. The average molecular weight is 574 g/mol. The number of rotatable bonds is 9. The van der Waals surface area contributed by atoms with Gasteiger partial charge in [-0.1, -0.05) is 54.1 Å². The van der Waals surface area contributed by atoms with Crippen LogP contribution in [0.15, 0.2) is 71.6 Å². The molecule has 0 aliphatic carbocycles. The second kappa shape index (κ2) is 11.0. The first-order chi connectivity index (χ1) is 17.2. The number of esters is 1. The number of benzene rings is 3. The van der Waals surface area contributed by atoms with Gasteiger partial charge in [-0.15, -0.1) is 0 Å². The van der Waals surface area contributed by atoms with Gasteiger partial charge in [-0.05, 0) is 47.9 Å². The van der Waals surface area contributed by atoms with Gasteiger partial charge in [-0.3, -0.25) is 4.57 Å². The van der Waals surface area contributed by atoms with Gasteiger partial charge in [-0.25, -0.2) is 13.2 Å². The lowest BCUT2D eigenvalue weighted by atomic mass is 10.0. The van der Waals surface area contributed by atoms with Gasteiger partial charge in [0.1, 0.15) is 4.90 Å². The van der Waals surface area contributed by atoms with Crippen molar-refractivity contribution < 1.29 is 41.1 Å². The molecule has 0 atom stereocenters. The number of aryl methyl sites for hydroxylation is 1. The highest BCUT2D eigenvalue weighted by Gasteiger charge is 2.51. The maximum atomic E-state index is 14.3. The SMILES string of the molecule is COC(=O)c1ccc(CN(Cc2ccc(C(F)(F)P(=O)(O)O)c(C)c2)S(=O)(=O)c2ccccc2Cl)cc1. The molecule has 37 heavy (non-hydrogen) atoms. The number of hydrogen-bond donors (Lipinski definition) is 2. The molecule has 0 fully saturated rings. The second-order valence-corrected chi connectivity index (χ2v) is 12.1. The molecule has 13 heteroatoms. The van der Waals surface area contributed by atoms with Gasteiger partial charge in [0.25, 0.3) is 0 Å². The highest BCUT2D eigenvalue weighted by atomic mass is 35.5. The number of nitrogens with zero attached hydrogens (tertiary/aromatic N) is 1. The van der Waals surface area contributed by atoms with E-state index in [1.807, 2.05) is 0 Å². The van der Waals surface area contributed by atoms with Gasteiger partial charge in [0.2, 0.25) is 10.0 Å². The fraction of sp³-hybridized carbons (Fsp3) is 0.208. The first-order valence-electron chi connectivity index (χ1n) is 10.6. The van der Waals surface area contributed by atoms with Crippen molar-refractivity contribution in [3.8, 4) is 0 Å². The number of hydrogen-bond acceptors (Lipinski definition) is 5. The topological polar surface area (TPSA) is 121 Å². The zero-order chi connectivity index (χ0) is 27.6. The summed E-state index contributed by atoms with van der Waals surface area (Å²) in [6.45, 7) is 0.824. The molecule has 0 saturated heterocycles. The van der Waals surface area contributed by atoms with Crippen LogP contribution in [-0.4, -0.2) is 35.6 Å². The molecule has 3 aromatic rings. The molecule has 0 saturated carbocycles. The van der Waals surface area contributed by atoms with E-state index >= 15 is 0 Å². The molecular formula is C24H23ClF2NO7PS. The Hall–Kier alpha value is -2.66. The Morgan fingerprint density at radius 1 is 1.03 bits per heavy atom. The molecule has 0 aromatic heterocycles. The van der Waals surface area contributed by atoms with Crippen LogP contribution in [0.5, 0.6) is 0 Å². The number of alkyl halides is 2. The van der Waals surface area contributed by atoms with E-state index in [1.165, 1.54) is 56.5 Å². The normalized spacial score (nSPS) is 12.5. The quantitative estimate of drug-likeness (QED) is 0.271. The number of carbonyl (C=O) groups is 1. The third kappa shape index (κ3) is 6.26. The van der Waals surface area contributed by atoms with E-state index in [0.29, 0.717) is 11.1 Å². The molecule has 2 N–H and O–H groups in total. The molecule has 0 unspecified atom stereocenters. The zero-order valence-electron chi connectivity index (χ0n) is 19.6. The molecule has 0 bridgehead atoms. The number of carbonyl (C=O) groups excluding carboxylic acids is 1. The Morgan fingerprint density at radius 3 is 2.14 bits per heavy atom. The van der Waals surface area contributed by atoms with Crippen LogP contribution in [0.4, 0.5) is 8.78 Å². The number of methoxy groups -OCH3 is 1. The van der Waals surface area contributed by atoms with Crippen molar-refractivity contribution in [2.45, 2.75) is 30.6 Å². The number of sulfonamides is 1. The van der Waals surface area contributed by atoms with E-state index < -0.39 is 34.8 Å². The van der Waals surface area contributed by atoms with E-state index in [9.17, 15) is 26.6 Å². The maximum Gasteiger partial charge on any atom is 0.399 e. The van der Waals surface area contributed by atoms with E-state index in [2.05, 4.69) is 4.74 Å². The van der Waals surface area contributed by atoms with Gasteiger partial charge >= 0.3 is 19.2 Å². The van der Waals surface area contributed by atoms with Gasteiger partial charge in [0, 0.05) is 18.7 Å². The molecule has 0 amide bonds.